The van der Waals surface area contributed by atoms with Gasteiger partial charge in [0, 0.05) is 4.90 Å². The molecular weight excluding hydrogens is 242 g/mol. The molecule has 0 radical (unpaired) electrons. The van der Waals surface area contributed by atoms with Crippen LogP contribution in [0.4, 0.5) is 0 Å². The molecule has 0 N–H and O–H groups in total. The first-order chi connectivity index (χ1) is 7.76. The molecule has 0 unspecified atom stereocenters. The number of nitrogens with zero attached hydrogens (tertiary/aromatic N) is 3. The number of rotatable bonds is 3. The van der Waals surface area contributed by atoms with E-state index >= 15 is 0 Å². The number of alkyl halides is 1. The summed E-state index contributed by atoms with van der Waals surface area (Å²) in [5.41, 5.74) is 2.85. The van der Waals surface area contributed by atoms with Gasteiger partial charge in [0.1, 0.15) is 5.69 Å². The Morgan fingerprint density at radius 1 is 1.44 bits per heavy atom. The third-order valence-corrected chi connectivity index (χ3v) is 3.39. The average Bonchev–Trinajstić information content (AvgIpc) is 2.70. The van der Waals surface area contributed by atoms with Crippen molar-refractivity contribution in [1.29, 1.82) is 0 Å². The van der Waals surface area contributed by atoms with Gasteiger partial charge in [-0.1, -0.05) is 11.3 Å². The van der Waals surface area contributed by atoms with Gasteiger partial charge in [0.2, 0.25) is 0 Å². The number of hydrogen-bond donors (Lipinski definition) is 0. The normalized spacial score (nSPS) is 10.7. The first kappa shape index (κ1) is 11.5. The van der Waals surface area contributed by atoms with Crippen molar-refractivity contribution in [2.45, 2.75) is 17.7 Å². The highest BCUT2D eigenvalue weighted by molar-refractivity contribution is 7.98. The molecule has 1 aromatic heterocycles. The van der Waals surface area contributed by atoms with Crippen LogP contribution in [0.15, 0.2) is 29.2 Å². The van der Waals surface area contributed by atoms with Crippen LogP contribution in [-0.4, -0.2) is 21.2 Å². The molecule has 0 bridgehead atoms. The minimum atomic E-state index is 0.397. The summed E-state index contributed by atoms with van der Waals surface area (Å²) in [6.07, 6.45) is 2.05. The molecule has 0 fully saturated rings. The maximum absolute atomic E-state index is 5.77. The minimum Gasteiger partial charge on any atom is -0.218 e. The molecule has 0 saturated heterocycles. The van der Waals surface area contributed by atoms with Crippen LogP contribution >= 0.6 is 23.4 Å². The maximum Gasteiger partial charge on any atom is 0.101 e. The molecule has 0 atom stereocenters. The maximum atomic E-state index is 5.77. The van der Waals surface area contributed by atoms with Gasteiger partial charge in [0.25, 0.3) is 0 Å². The van der Waals surface area contributed by atoms with Crippen molar-refractivity contribution in [2.75, 3.05) is 6.26 Å². The van der Waals surface area contributed by atoms with E-state index in [1.165, 1.54) is 4.90 Å². The lowest BCUT2D eigenvalue weighted by Crippen LogP contribution is -1.99. The van der Waals surface area contributed by atoms with Gasteiger partial charge < -0.3 is 0 Å². The predicted molar refractivity (Wildman–Crippen MR) is 67.4 cm³/mol. The van der Waals surface area contributed by atoms with Gasteiger partial charge in [-0.3, -0.25) is 0 Å². The molecule has 16 heavy (non-hydrogen) atoms. The Labute approximate surface area is 104 Å². The van der Waals surface area contributed by atoms with Crippen molar-refractivity contribution in [3.05, 3.63) is 35.7 Å². The van der Waals surface area contributed by atoms with Gasteiger partial charge >= 0.3 is 0 Å². The zero-order chi connectivity index (χ0) is 11.5. The molecule has 0 aliphatic carbocycles. The van der Waals surface area contributed by atoms with Crippen molar-refractivity contribution < 1.29 is 0 Å². The van der Waals surface area contributed by atoms with E-state index < -0.39 is 0 Å². The Balaban J connectivity index is 2.45. The zero-order valence-electron chi connectivity index (χ0n) is 9.14. The van der Waals surface area contributed by atoms with E-state index in [4.69, 9.17) is 11.6 Å². The van der Waals surface area contributed by atoms with Crippen LogP contribution in [0, 0.1) is 6.92 Å². The third-order valence-electron chi connectivity index (χ3n) is 2.41. The standard InChI is InChI=1S/C11H12ClN3S/c1-8-11(7-12)13-14-15(8)9-4-3-5-10(6-9)16-2/h3-6H,7H2,1-2H3. The van der Waals surface area contributed by atoms with Crippen molar-refractivity contribution >= 4 is 23.4 Å². The van der Waals surface area contributed by atoms with Crippen LogP contribution < -0.4 is 0 Å². The van der Waals surface area contributed by atoms with E-state index in [2.05, 4.69) is 28.7 Å². The summed E-state index contributed by atoms with van der Waals surface area (Å²) in [6, 6.07) is 8.19. The largest absolute Gasteiger partial charge is 0.218 e. The lowest BCUT2D eigenvalue weighted by Gasteiger charge is -2.04. The third kappa shape index (κ3) is 2.08. The number of halogens is 1. The SMILES string of the molecule is CSc1cccc(-n2nnc(CCl)c2C)c1. The van der Waals surface area contributed by atoms with E-state index in [1.807, 2.05) is 23.7 Å². The molecule has 0 aliphatic heterocycles. The second kappa shape index (κ2) is 4.89. The summed E-state index contributed by atoms with van der Waals surface area (Å²) in [5.74, 6) is 0.397. The fourth-order valence-electron chi connectivity index (χ4n) is 1.47. The highest BCUT2D eigenvalue weighted by atomic mass is 35.5. The highest BCUT2D eigenvalue weighted by Gasteiger charge is 2.08. The lowest BCUT2D eigenvalue weighted by atomic mass is 10.3. The van der Waals surface area contributed by atoms with Crippen LogP contribution in [0.3, 0.4) is 0 Å². The molecule has 3 nitrogen and oxygen atoms in total. The lowest BCUT2D eigenvalue weighted by molar-refractivity contribution is 0.782. The molecule has 0 spiro atoms. The highest BCUT2D eigenvalue weighted by Crippen LogP contribution is 2.19. The Hall–Kier alpha value is -1.000. The number of thioether (sulfide) groups is 1. The molecule has 1 aromatic carbocycles. The molecule has 0 amide bonds. The Morgan fingerprint density at radius 2 is 2.25 bits per heavy atom. The fraction of sp³-hybridized carbons (Fsp3) is 0.273. The Morgan fingerprint density at radius 3 is 2.88 bits per heavy atom. The number of benzene rings is 1. The van der Waals surface area contributed by atoms with Crippen molar-refractivity contribution in [2.24, 2.45) is 0 Å². The van der Waals surface area contributed by atoms with E-state index in [-0.39, 0.29) is 0 Å². The quantitative estimate of drug-likeness (QED) is 0.622. The summed E-state index contributed by atoms with van der Waals surface area (Å²) in [6.45, 7) is 1.98. The van der Waals surface area contributed by atoms with Gasteiger partial charge in [0.15, 0.2) is 0 Å². The Bertz CT molecular complexity index is 496. The zero-order valence-corrected chi connectivity index (χ0v) is 10.7. The molecule has 2 aromatic rings. The van der Waals surface area contributed by atoms with E-state index in [1.54, 1.807) is 11.8 Å². The molecule has 5 heteroatoms. The minimum absolute atomic E-state index is 0.397. The second-order valence-corrected chi connectivity index (χ2v) is 4.52. The van der Waals surface area contributed by atoms with Crippen LogP contribution in [0.2, 0.25) is 0 Å². The van der Waals surface area contributed by atoms with Crippen molar-refractivity contribution in [3.8, 4) is 5.69 Å². The summed E-state index contributed by atoms with van der Waals surface area (Å²) >= 11 is 7.48. The fourth-order valence-corrected chi connectivity index (χ4v) is 2.17. The molecule has 0 saturated carbocycles. The second-order valence-electron chi connectivity index (χ2n) is 3.37. The summed E-state index contributed by atoms with van der Waals surface area (Å²) in [5, 5.41) is 8.15. The van der Waals surface area contributed by atoms with Gasteiger partial charge in [-0.15, -0.1) is 28.5 Å². The topological polar surface area (TPSA) is 30.7 Å². The van der Waals surface area contributed by atoms with E-state index in [0.717, 1.165) is 17.1 Å². The van der Waals surface area contributed by atoms with Crippen LogP contribution in [0.5, 0.6) is 0 Å². The van der Waals surface area contributed by atoms with Crippen LogP contribution in [0.1, 0.15) is 11.4 Å². The number of aromatic nitrogens is 3. The van der Waals surface area contributed by atoms with Gasteiger partial charge in [-0.2, -0.15) is 0 Å². The number of hydrogen-bond acceptors (Lipinski definition) is 3. The van der Waals surface area contributed by atoms with Gasteiger partial charge in [-0.05, 0) is 31.4 Å². The predicted octanol–water partition coefficient (Wildman–Crippen LogP) is 3.04. The van der Waals surface area contributed by atoms with Gasteiger partial charge in [0.05, 0.1) is 17.3 Å². The van der Waals surface area contributed by atoms with E-state index in [9.17, 15) is 0 Å². The van der Waals surface area contributed by atoms with Gasteiger partial charge in [-0.25, -0.2) is 4.68 Å². The molecular formula is C11H12ClN3S. The van der Waals surface area contributed by atoms with Crippen LogP contribution in [-0.2, 0) is 5.88 Å². The van der Waals surface area contributed by atoms with Crippen molar-refractivity contribution in [1.82, 2.24) is 15.0 Å². The smallest absolute Gasteiger partial charge is 0.101 e. The summed E-state index contributed by atoms with van der Waals surface area (Å²) in [4.78, 5) is 1.21. The van der Waals surface area contributed by atoms with Crippen molar-refractivity contribution in [3.63, 3.8) is 0 Å². The first-order valence-electron chi connectivity index (χ1n) is 4.88. The molecule has 0 aliphatic rings. The van der Waals surface area contributed by atoms with E-state index in [0.29, 0.717) is 5.88 Å². The first-order valence-corrected chi connectivity index (χ1v) is 6.63. The summed E-state index contributed by atoms with van der Waals surface area (Å²) in [7, 11) is 0. The summed E-state index contributed by atoms with van der Waals surface area (Å²) < 4.78 is 1.82. The van der Waals surface area contributed by atoms with Crippen LogP contribution in [0.25, 0.3) is 5.69 Å². The Kier molecular flexibility index (Phi) is 3.51. The monoisotopic (exact) mass is 253 g/mol. The molecule has 2 rings (SSSR count). The molecule has 1 heterocycles. The molecule has 84 valence electrons. The average molecular weight is 254 g/mol.